The van der Waals surface area contributed by atoms with E-state index in [0.717, 1.165) is 0 Å². The molecule has 0 bridgehead atoms. The number of allylic oxidation sites excluding steroid dienone is 1. The Balaban J connectivity index is 2.21. The number of carbonyl (C=O) groups is 1. The zero-order valence-corrected chi connectivity index (χ0v) is 14.2. The van der Waals surface area contributed by atoms with Crippen molar-refractivity contribution in [2.75, 3.05) is 20.8 Å². The van der Waals surface area contributed by atoms with E-state index in [2.05, 4.69) is 6.58 Å². The fraction of sp³-hybridized carbons (Fsp3) is 0.150. The lowest BCUT2D eigenvalue weighted by atomic mass is 10.1. The van der Waals surface area contributed by atoms with Gasteiger partial charge in [-0.05, 0) is 42.5 Å². The van der Waals surface area contributed by atoms with E-state index in [9.17, 15) is 9.90 Å². The highest BCUT2D eigenvalue weighted by molar-refractivity contribution is 6.08. The normalized spacial score (nSPS) is 10.5. The van der Waals surface area contributed by atoms with Crippen molar-refractivity contribution in [3.63, 3.8) is 0 Å². The van der Waals surface area contributed by atoms with Crippen LogP contribution in [0.25, 0.3) is 6.08 Å². The molecular formula is C20H20O5. The van der Waals surface area contributed by atoms with E-state index >= 15 is 0 Å². The van der Waals surface area contributed by atoms with Gasteiger partial charge in [0.15, 0.2) is 5.78 Å². The minimum absolute atomic E-state index is 0.145. The van der Waals surface area contributed by atoms with Gasteiger partial charge >= 0.3 is 0 Å². The predicted molar refractivity (Wildman–Crippen MR) is 96.7 cm³/mol. The highest BCUT2D eigenvalue weighted by atomic mass is 16.5. The molecule has 130 valence electrons. The van der Waals surface area contributed by atoms with Crippen molar-refractivity contribution in [1.29, 1.82) is 0 Å². The van der Waals surface area contributed by atoms with Crippen LogP contribution in [0.2, 0.25) is 0 Å². The van der Waals surface area contributed by atoms with Gasteiger partial charge in [0.1, 0.15) is 29.6 Å². The number of hydrogen-bond acceptors (Lipinski definition) is 5. The molecule has 1 N–H and O–H groups in total. The first-order valence-corrected chi connectivity index (χ1v) is 7.60. The number of carbonyl (C=O) groups excluding carboxylic acids is 1. The predicted octanol–water partition coefficient (Wildman–Crippen LogP) is 3.87. The molecule has 0 aliphatic heterocycles. The van der Waals surface area contributed by atoms with Gasteiger partial charge in [0.2, 0.25) is 0 Å². The van der Waals surface area contributed by atoms with Crippen LogP contribution in [-0.4, -0.2) is 31.7 Å². The molecule has 5 nitrogen and oxygen atoms in total. The molecule has 5 heteroatoms. The monoisotopic (exact) mass is 340 g/mol. The van der Waals surface area contributed by atoms with Crippen LogP contribution >= 0.6 is 0 Å². The lowest BCUT2D eigenvalue weighted by molar-refractivity contribution is 0.104. The van der Waals surface area contributed by atoms with Gasteiger partial charge in [0, 0.05) is 11.6 Å². The van der Waals surface area contributed by atoms with Crippen molar-refractivity contribution in [3.05, 3.63) is 66.3 Å². The Morgan fingerprint density at radius 2 is 1.88 bits per heavy atom. The summed E-state index contributed by atoms with van der Waals surface area (Å²) in [4.78, 5) is 12.3. The van der Waals surface area contributed by atoms with Gasteiger partial charge in [-0.15, -0.1) is 0 Å². The largest absolute Gasteiger partial charge is 0.507 e. The summed E-state index contributed by atoms with van der Waals surface area (Å²) < 4.78 is 15.8. The van der Waals surface area contributed by atoms with Gasteiger partial charge < -0.3 is 19.3 Å². The van der Waals surface area contributed by atoms with E-state index in [-0.39, 0.29) is 17.1 Å². The summed E-state index contributed by atoms with van der Waals surface area (Å²) >= 11 is 0. The van der Waals surface area contributed by atoms with Crippen LogP contribution in [0, 0.1) is 0 Å². The molecule has 0 aromatic heterocycles. The summed E-state index contributed by atoms with van der Waals surface area (Å²) in [5.74, 6) is 1.25. The van der Waals surface area contributed by atoms with Crippen LogP contribution < -0.4 is 14.2 Å². The van der Waals surface area contributed by atoms with Crippen molar-refractivity contribution in [2.24, 2.45) is 0 Å². The van der Waals surface area contributed by atoms with Gasteiger partial charge in [-0.3, -0.25) is 4.79 Å². The molecule has 0 amide bonds. The molecule has 2 aromatic rings. The molecule has 0 unspecified atom stereocenters. The fourth-order valence-corrected chi connectivity index (χ4v) is 2.19. The maximum Gasteiger partial charge on any atom is 0.189 e. The number of phenolic OH excluding ortho intramolecular Hbond substituents is 1. The van der Waals surface area contributed by atoms with Crippen LogP contribution in [-0.2, 0) is 0 Å². The lowest BCUT2D eigenvalue weighted by Gasteiger charge is -2.08. The number of aromatic hydroxyl groups is 1. The Bertz CT molecular complexity index is 793. The molecule has 0 fully saturated rings. The molecule has 0 aliphatic carbocycles. The maximum atomic E-state index is 12.3. The Morgan fingerprint density at radius 3 is 2.52 bits per heavy atom. The lowest BCUT2D eigenvalue weighted by Crippen LogP contribution is -1.97. The van der Waals surface area contributed by atoms with E-state index in [1.54, 1.807) is 50.6 Å². The maximum absolute atomic E-state index is 12.3. The second-order valence-electron chi connectivity index (χ2n) is 5.08. The number of ketones is 1. The molecule has 0 spiro atoms. The first-order valence-electron chi connectivity index (χ1n) is 7.60. The first-order chi connectivity index (χ1) is 12.1. The number of phenols is 1. The average Bonchev–Trinajstić information content (AvgIpc) is 2.64. The molecule has 0 radical (unpaired) electrons. The molecule has 0 saturated carbocycles. The van der Waals surface area contributed by atoms with E-state index in [0.29, 0.717) is 29.4 Å². The van der Waals surface area contributed by atoms with Crippen molar-refractivity contribution >= 4 is 11.9 Å². The zero-order chi connectivity index (χ0) is 18.2. The second kappa shape index (κ2) is 8.59. The molecule has 0 atom stereocenters. The molecule has 0 saturated heterocycles. The number of ether oxygens (including phenoxy) is 3. The van der Waals surface area contributed by atoms with Gasteiger partial charge in [-0.2, -0.15) is 0 Å². The smallest absolute Gasteiger partial charge is 0.189 e. The van der Waals surface area contributed by atoms with Crippen LogP contribution in [0.4, 0.5) is 0 Å². The number of rotatable bonds is 8. The summed E-state index contributed by atoms with van der Waals surface area (Å²) in [6, 6.07) is 9.82. The number of methoxy groups -OCH3 is 2. The number of hydrogen-bond donors (Lipinski definition) is 1. The van der Waals surface area contributed by atoms with Gasteiger partial charge in [-0.1, -0.05) is 12.7 Å². The van der Waals surface area contributed by atoms with Crippen LogP contribution in [0.15, 0.2) is 55.1 Å². The van der Waals surface area contributed by atoms with E-state index < -0.39 is 0 Å². The zero-order valence-electron chi connectivity index (χ0n) is 14.2. The van der Waals surface area contributed by atoms with E-state index in [1.165, 1.54) is 18.2 Å². The summed E-state index contributed by atoms with van der Waals surface area (Å²) in [5.41, 5.74) is 0.879. The highest BCUT2D eigenvalue weighted by Gasteiger charge is 2.10. The van der Waals surface area contributed by atoms with Crippen molar-refractivity contribution < 1.29 is 24.1 Å². The Hall–Kier alpha value is -3.21. The Morgan fingerprint density at radius 1 is 1.12 bits per heavy atom. The van der Waals surface area contributed by atoms with Crippen molar-refractivity contribution in [3.8, 4) is 23.0 Å². The average molecular weight is 340 g/mol. The molecule has 0 heterocycles. The Labute approximate surface area is 146 Å². The topological polar surface area (TPSA) is 65.0 Å². The molecular weight excluding hydrogens is 320 g/mol. The van der Waals surface area contributed by atoms with Gasteiger partial charge in [-0.25, -0.2) is 0 Å². The summed E-state index contributed by atoms with van der Waals surface area (Å²) in [6.07, 6.45) is 4.59. The summed E-state index contributed by atoms with van der Waals surface area (Å²) in [6.45, 7) is 3.88. The van der Waals surface area contributed by atoms with E-state index in [4.69, 9.17) is 14.2 Å². The summed E-state index contributed by atoms with van der Waals surface area (Å²) in [7, 11) is 3.11. The SMILES string of the molecule is C=CCOc1ccc(C(=O)/C=C/c2cc(OC)ccc2OC)c(O)c1. The molecule has 2 aromatic carbocycles. The third-order valence-electron chi connectivity index (χ3n) is 3.45. The molecule has 25 heavy (non-hydrogen) atoms. The van der Waals surface area contributed by atoms with Gasteiger partial charge in [0.25, 0.3) is 0 Å². The molecule has 2 rings (SSSR count). The quantitative estimate of drug-likeness (QED) is 0.449. The van der Waals surface area contributed by atoms with Crippen LogP contribution in [0.3, 0.4) is 0 Å². The van der Waals surface area contributed by atoms with Crippen molar-refractivity contribution in [2.45, 2.75) is 0 Å². The fourth-order valence-electron chi connectivity index (χ4n) is 2.19. The minimum atomic E-state index is -0.336. The second-order valence-corrected chi connectivity index (χ2v) is 5.08. The highest BCUT2D eigenvalue weighted by Crippen LogP contribution is 2.27. The van der Waals surface area contributed by atoms with Crippen molar-refractivity contribution in [1.82, 2.24) is 0 Å². The van der Waals surface area contributed by atoms with Gasteiger partial charge in [0.05, 0.1) is 19.8 Å². The summed E-state index contributed by atoms with van der Waals surface area (Å²) in [5, 5.41) is 10.0. The third-order valence-corrected chi connectivity index (χ3v) is 3.45. The molecule has 0 aliphatic rings. The Kier molecular flexibility index (Phi) is 6.23. The standard InChI is InChI=1S/C20H20O5/c1-4-11-25-16-6-8-17(19(22)13-16)18(21)9-5-14-12-15(23-2)7-10-20(14)24-3/h4-10,12-13,22H,1,11H2,2-3H3/b9-5+. The third kappa shape index (κ3) is 4.64. The minimum Gasteiger partial charge on any atom is -0.507 e. The van der Waals surface area contributed by atoms with Crippen LogP contribution in [0.1, 0.15) is 15.9 Å². The first kappa shape index (κ1) is 18.1. The number of benzene rings is 2. The van der Waals surface area contributed by atoms with E-state index in [1.807, 2.05) is 0 Å². The van der Waals surface area contributed by atoms with Crippen LogP contribution in [0.5, 0.6) is 23.0 Å².